The van der Waals surface area contributed by atoms with Crippen LogP contribution in [-0.4, -0.2) is 45.6 Å². The number of ether oxygens (including phenoxy) is 1. The number of carboxylic acids is 1. The van der Waals surface area contributed by atoms with Crippen molar-refractivity contribution < 1.29 is 32.6 Å². The minimum atomic E-state index is -4.53. The molecule has 0 atom stereocenters. The van der Waals surface area contributed by atoms with Crippen molar-refractivity contribution in [2.75, 3.05) is 13.7 Å². The van der Waals surface area contributed by atoms with E-state index in [0.29, 0.717) is 13.0 Å². The van der Waals surface area contributed by atoms with Crippen LogP contribution in [0.5, 0.6) is 5.75 Å². The van der Waals surface area contributed by atoms with Crippen molar-refractivity contribution in [1.82, 2.24) is 20.3 Å². The van der Waals surface area contributed by atoms with Crippen LogP contribution < -0.4 is 10.1 Å². The quantitative estimate of drug-likeness (QED) is 0.718. The molecule has 2 rings (SSSR count). The third-order valence-electron chi connectivity index (χ3n) is 3.38. The molecule has 0 bridgehead atoms. The lowest BCUT2D eigenvalue weighted by Crippen LogP contribution is -2.26. The molecular formula is C15H15F3N4O4. The number of aromatic carboxylic acids is 1. The van der Waals surface area contributed by atoms with E-state index in [9.17, 15) is 22.8 Å². The molecule has 8 nitrogen and oxygen atoms in total. The normalized spacial score (nSPS) is 11.2. The summed E-state index contributed by atoms with van der Waals surface area (Å²) >= 11 is 0. The number of aryl methyl sites for hydroxylation is 1. The van der Waals surface area contributed by atoms with Gasteiger partial charge in [0.1, 0.15) is 5.75 Å². The highest BCUT2D eigenvalue weighted by atomic mass is 19.4. The summed E-state index contributed by atoms with van der Waals surface area (Å²) in [5.41, 5.74) is -1.12. The number of rotatable bonds is 7. The number of carbonyl (C=O) groups excluding carboxylic acids is 1. The summed E-state index contributed by atoms with van der Waals surface area (Å²) in [6.07, 6.45) is -2.87. The van der Waals surface area contributed by atoms with Gasteiger partial charge in [-0.3, -0.25) is 9.48 Å². The zero-order valence-electron chi connectivity index (χ0n) is 13.6. The fourth-order valence-corrected chi connectivity index (χ4v) is 2.10. The van der Waals surface area contributed by atoms with Crippen molar-refractivity contribution >= 4 is 11.9 Å². The number of nitrogens with zero attached hydrogens (tertiary/aromatic N) is 3. The van der Waals surface area contributed by atoms with Crippen molar-refractivity contribution in [3.63, 3.8) is 0 Å². The molecule has 2 aromatic rings. The number of carboxylic acid groups (broad SMARTS) is 1. The van der Waals surface area contributed by atoms with Crippen molar-refractivity contribution in [2.24, 2.45) is 0 Å². The molecular weight excluding hydrogens is 357 g/mol. The maximum atomic E-state index is 12.7. The molecule has 0 fully saturated rings. The standard InChI is InChI=1S/C15H15F3N4O4/c1-26-12-7-9(15(16,17)18)3-4-10(12)13(23)19-5-2-6-22-8-11(14(24)25)20-21-22/h3-4,7-8H,2,5-6H2,1H3,(H,19,23)(H,24,25). The molecule has 1 aromatic carbocycles. The molecule has 11 heteroatoms. The van der Waals surface area contributed by atoms with Crippen LogP contribution in [0.15, 0.2) is 24.4 Å². The molecule has 0 saturated carbocycles. The van der Waals surface area contributed by atoms with E-state index in [2.05, 4.69) is 15.6 Å². The number of hydrogen-bond acceptors (Lipinski definition) is 5. The highest BCUT2D eigenvalue weighted by Crippen LogP contribution is 2.33. The van der Waals surface area contributed by atoms with Crippen molar-refractivity contribution in [3.05, 3.63) is 41.2 Å². The average molecular weight is 372 g/mol. The lowest BCUT2D eigenvalue weighted by atomic mass is 10.1. The van der Waals surface area contributed by atoms with Gasteiger partial charge in [0.15, 0.2) is 5.69 Å². The smallest absolute Gasteiger partial charge is 0.416 e. The van der Waals surface area contributed by atoms with Gasteiger partial charge < -0.3 is 15.2 Å². The Morgan fingerprint density at radius 2 is 2.08 bits per heavy atom. The fraction of sp³-hybridized carbons (Fsp3) is 0.333. The van der Waals surface area contributed by atoms with Crippen molar-refractivity contribution in [1.29, 1.82) is 0 Å². The molecule has 0 radical (unpaired) electrons. The molecule has 0 unspecified atom stereocenters. The summed E-state index contributed by atoms with van der Waals surface area (Å²) < 4.78 is 44.3. The van der Waals surface area contributed by atoms with E-state index in [1.54, 1.807) is 0 Å². The van der Waals surface area contributed by atoms with Crippen LogP contribution >= 0.6 is 0 Å². The van der Waals surface area contributed by atoms with Crippen molar-refractivity contribution in [3.8, 4) is 5.75 Å². The Morgan fingerprint density at radius 1 is 1.35 bits per heavy atom. The molecule has 1 aromatic heterocycles. The number of methoxy groups -OCH3 is 1. The second-order valence-electron chi connectivity index (χ2n) is 5.19. The van der Waals surface area contributed by atoms with Crippen LogP contribution in [0.25, 0.3) is 0 Å². The van der Waals surface area contributed by atoms with Crippen LogP contribution in [0.2, 0.25) is 0 Å². The lowest BCUT2D eigenvalue weighted by molar-refractivity contribution is -0.137. The Balaban J connectivity index is 1.92. The number of hydrogen-bond donors (Lipinski definition) is 2. The minimum absolute atomic E-state index is 0.0191. The first kappa shape index (κ1) is 19.2. The lowest BCUT2D eigenvalue weighted by Gasteiger charge is -2.12. The molecule has 140 valence electrons. The van der Waals surface area contributed by atoms with Crippen LogP contribution in [0, 0.1) is 0 Å². The van der Waals surface area contributed by atoms with E-state index in [-0.39, 0.29) is 23.6 Å². The number of nitrogens with one attached hydrogen (secondary N) is 1. The molecule has 1 amide bonds. The van der Waals surface area contributed by atoms with Gasteiger partial charge in [0.25, 0.3) is 5.91 Å². The molecule has 1 heterocycles. The summed E-state index contributed by atoms with van der Waals surface area (Å²) in [6.45, 7) is 0.510. The summed E-state index contributed by atoms with van der Waals surface area (Å²) in [7, 11) is 1.18. The van der Waals surface area contributed by atoms with Gasteiger partial charge in [-0.2, -0.15) is 13.2 Å². The number of alkyl halides is 3. The van der Waals surface area contributed by atoms with Gasteiger partial charge in [-0.1, -0.05) is 5.21 Å². The van der Waals surface area contributed by atoms with E-state index in [4.69, 9.17) is 9.84 Å². The van der Waals surface area contributed by atoms with E-state index < -0.39 is 23.6 Å². The molecule has 0 aliphatic rings. The van der Waals surface area contributed by atoms with Gasteiger partial charge in [-0.15, -0.1) is 5.10 Å². The average Bonchev–Trinajstić information content (AvgIpc) is 3.06. The van der Waals surface area contributed by atoms with E-state index in [1.165, 1.54) is 18.0 Å². The molecule has 0 aliphatic heterocycles. The zero-order chi connectivity index (χ0) is 19.3. The fourth-order valence-electron chi connectivity index (χ4n) is 2.10. The summed E-state index contributed by atoms with van der Waals surface area (Å²) in [5, 5.41) is 18.4. The van der Waals surface area contributed by atoms with Gasteiger partial charge in [0.2, 0.25) is 0 Å². The molecule has 0 saturated heterocycles. The Hall–Kier alpha value is -3.11. The minimum Gasteiger partial charge on any atom is -0.496 e. The number of aromatic nitrogens is 3. The first-order valence-corrected chi connectivity index (χ1v) is 7.39. The van der Waals surface area contributed by atoms with Crippen LogP contribution in [0.3, 0.4) is 0 Å². The zero-order valence-corrected chi connectivity index (χ0v) is 13.6. The number of carbonyl (C=O) groups is 2. The molecule has 26 heavy (non-hydrogen) atoms. The van der Waals surface area contributed by atoms with Gasteiger partial charge in [-0.05, 0) is 24.6 Å². The van der Waals surface area contributed by atoms with Gasteiger partial charge in [-0.25, -0.2) is 4.79 Å². The first-order valence-electron chi connectivity index (χ1n) is 7.39. The van der Waals surface area contributed by atoms with Crippen LogP contribution in [0.4, 0.5) is 13.2 Å². The second kappa shape index (κ2) is 7.85. The number of benzene rings is 1. The Labute approximate surface area is 145 Å². The maximum Gasteiger partial charge on any atom is 0.416 e. The largest absolute Gasteiger partial charge is 0.496 e. The van der Waals surface area contributed by atoms with Crippen LogP contribution in [0.1, 0.15) is 32.8 Å². The maximum absolute atomic E-state index is 12.7. The Morgan fingerprint density at radius 3 is 2.65 bits per heavy atom. The number of amides is 1. The highest BCUT2D eigenvalue weighted by molar-refractivity contribution is 5.97. The van der Waals surface area contributed by atoms with E-state index in [0.717, 1.165) is 18.2 Å². The third kappa shape index (κ3) is 4.71. The SMILES string of the molecule is COc1cc(C(F)(F)F)ccc1C(=O)NCCCn1cc(C(=O)O)nn1. The van der Waals surface area contributed by atoms with E-state index in [1.807, 2.05) is 0 Å². The highest BCUT2D eigenvalue weighted by Gasteiger charge is 2.31. The summed E-state index contributed by atoms with van der Waals surface area (Å²) in [4.78, 5) is 22.8. The van der Waals surface area contributed by atoms with Crippen LogP contribution in [-0.2, 0) is 12.7 Å². The van der Waals surface area contributed by atoms with E-state index >= 15 is 0 Å². The topological polar surface area (TPSA) is 106 Å². The predicted octanol–water partition coefficient (Wildman–Crippen LogP) is 1.82. The molecule has 0 aliphatic carbocycles. The summed E-state index contributed by atoms with van der Waals surface area (Å²) in [6, 6.07) is 2.62. The van der Waals surface area contributed by atoms with Crippen molar-refractivity contribution in [2.45, 2.75) is 19.1 Å². The molecule has 2 N–H and O–H groups in total. The third-order valence-corrected chi connectivity index (χ3v) is 3.38. The monoisotopic (exact) mass is 372 g/mol. The van der Waals surface area contributed by atoms with Gasteiger partial charge in [0.05, 0.1) is 24.4 Å². The van der Waals surface area contributed by atoms with Gasteiger partial charge in [0, 0.05) is 13.1 Å². The first-order chi connectivity index (χ1) is 12.2. The Bertz CT molecular complexity index is 804. The predicted molar refractivity (Wildman–Crippen MR) is 81.9 cm³/mol. The molecule has 0 spiro atoms. The summed E-state index contributed by atoms with van der Waals surface area (Å²) in [5.74, 6) is -1.96. The number of halogens is 3. The second-order valence-corrected chi connectivity index (χ2v) is 5.19. The van der Waals surface area contributed by atoms with Gasteiger partial charge >= 0.3 is 12.1 Å². The Kier molecular flexibility index (Phi) is 5.80.